The quantitative estimate of drug-likeness (QED) is 0.835. The number of nitrogens with zero attached hydrogens (tertiary/aromatic N) is 2. The number of hydrogen-bond acceptors (Lipinski definition) is 3. The fourth-order valence-electron chi connectivity index (χ4n) is 2.28. The molecule has 6 heteroatoms. The molecule has 0 fully saturated rings. The molecule has 1 rings (SSSR count). The first-order chi connectivity index (χ1) is 9.90. The van der Waals surface area contributed by atoms with Crippen LogP contribution in [-0.4, -0.2) is 53.5 Å². The Bertz CT molecular complexity index is 489. The van der Waals surface area contributed by atoms with E-state index in [1.807, 2.05) is 30.9 Å². The zero-order valence-corrected chi connectivity index (χ0v) is 14.4. The average molecular weight is 329 g/mol. The highest BCUT2D eigenvalue weighted by atomic mass is 35.5. The Kier molecular flexibility index (Phi) is 8.75. The zero-order chi connectivity index (χ0) is 16.0. The van der Waals surface area contributed by atoms with E-state index in [4.69, 9.17) is 0 Å². The first kappa shape index (κ1) is 20.4. The van der Waals surface area contributed by atoms with Gasteiger partial charge in [0.1, 0.15) is 6.04 Å². The maximum atomic E-state index is 11.8. The van der Waals surface area contributed by atoms with Gasteiger partial charge in [-0.1, -0.05) is 26.0 Å². The Morgan fingerprint density at radius 3 is 2.05 bits per heavy atom. The molecule has 1 N–H and O–H groups in total. The highest BCUT2D eigenvalue weighted by Crippen LogP contribution is 2.13. The molecule has 22 heavy (non-hydrogen) atoms. The van der Waals surface area contributed by atoms with E-state index in [-0.39, 0.29) is 18.3 Å². The lowest BCUT2D eigenvalue weighted by atomic mass is 10.1. The van der Waals surface area contributed by atoms with Gasteiger partial charge in [0.05, 0.1) is 0 Å². The molecule has 0 saturated heterocycles. The lowest BCUT2D eigenvalue weighted by Gasteiger charge is -2.26. The second-order valence-electron chi connectivity index (χ2n) is 5.22. The van der Waals surface area contributed by atoms with Crippen molar-refractivity contribution >= 4 is 24.3 Å². The number of halogens is 1. The van der Waals surface area contributed by atoms with Crippen molar-refractivity contribution < 1.29 is 14.7 Å². The molecule has 1 amide bonds. The molecule has 0 spiro atoms. The van der Waals surface area contributed by atoms with Crippen molar-refractivity contribution in [3.05, 3.63) is 35.4 Å². The lowest BCUT2D eigenvalue weighted by Crippen LogP contribution is -2.40. The van der Waals surface area contributed by atoms with Crippen LogP contribution in [0.15, 0.2) is 24.3 Å². The van der Waals surface area contributed by atoms with Crippen molar-refractivity contribution in [2.75, 3.05) is 20.6 Å². The summed E-state index contributed by atoms with van der Waals surface area (Å²) in [6.45, 7) is 5.07. The van der Waals surface area contributed by atoms with Crippen molar-refractivity contribution in [2.45, 2.75) is 32.9 Å². The minimum Gasteiger partial charge on any atom is -0.480 e. The number of carbonyl (C=O) groups excluding carboxylic acids is 1. The lowest BCUT2D eigenvalue weighted by molar-refractivity contribution is -0.143. The maximum absolute atomic E-state index is 11.8. The van der Waals surface area contributed by atoms with Crippen LogP contribution in [0.1, 0.15) is 36.2 Å². The summed E-state index contributed by atoms with van der Waals surface area (Å²) in [5.41, 5.74) is 1.64. The first-order valence-corrected chi connectivity index (χ1v) is 7.18. The fourth-order valence-corrected chi connectivity index (χ4v) is 2.28. The minimum atomic E-state index is -0.793. The third-order valence-corrected chi connectivity index (χ3v) is 3.51. The number of amides is 1. The van der Waals surface area contributed by atoms with Gasteiger partial charge in [-0.2, -0.15) is 0 Å². The van der Waals surface area contributed by atoms with Crippen molar-refractivity contribution in [3.8, 4) is 0 Å². The van der Waals surface area contributed by atoms with Crippen LogP contribution in [0.4, 0.5) is 0 Å². The Hall–Kier alpha value is -1.59. The van der Waals surface area contributed by atoms with Gasteiger partial charge in [-0.15, -0.1) is 12.4 Å². The predicted octanol–water partition coefficient (Wildman–Crippen LogP) is 2.50. The van der Waals surface area contributed by atoms with Gasteiger partial charge in [-0.3, -0.25) is 14.5 Å². The van der Waals surface area contributed by atoms with Gasteiger partial charge in [0.15, 0.2) is 0 Å². The van der Waals surface area contributed by atoms with Crippen LogP contribution < -0.4 is 0 Å². The molecule has 0 aliphatic heterocycles. The molecular formula is C16H25ClN2O3. The van der Waals surface area contributed by atoms with E-state index >= 15 is 0 Å². The number of carbonyl (C=O) groups is 2. The predicted molar refractivity (Wildman–Crippen MR) is 89.5 cm³/mol. The standard InChI is InChI=1S/C16H24N2O3.ClH/c1-5-14(16(20)21)18(6-2)11-12-7-9-13(10-8-12)15(19)17(3)4;/h7-10,14H,5-6,11H2,1-4H3,(H,20,21);1H. The Morgan fingerprint density at radius 2 is 1.68 bits per heavy atom. The molecule has 0 aromatic heterocycles. The molecule has 0 aliphatic carbocycles. The van der Waals surface area contributed by atoms with Gasteiger partial charge in [-0.05, 0) is 30.7 Å². The third kappa shape index (κ3) is 5.31. The van der Waals surface area contributed by atoms with E-state index < -0.39 is 12.0 Å². The van der Waals surface area contributed by atoms with Crippen LogP contribution in [0.2, 0.25) is 0 Å². The van der Waals surface area contributed by atoms with Gasteiger partial charge in [0.2, 0.25) is 0 Å². The average Bonchev–Trinajstić information content (AvgIpc) is 2.46. The first-order valence-electron chi connectivity index (χ1n) is 7.18. The smallest absolute Gasteiger partial charge is 0.320 e. The molecule has 1 aromatic rings. The van der Waals surface area contributed by atoms with E-state index in [1.54, 1.807) is 26.2 Å². The summed E-state index contributed by atoms with van der Waals surface area (Å²) in [4.78, 5) is 26.5. The van der Waals surface area contributed by atoms with E-state index in [0.29, 0.717) is 25.1 Å². The number of hydrogen-bond donors (Lipinski definition) is 1. The summed E-state index contributed by atoms with van der Waals surface area (Å²) < 4.78 is 0. The second kappa shape index (κ2) is 9.43. The molecule has 0 heterocycles. The Labute approximate surface area is 138 Å². The van der Waals surface area contributed by atoms with Crippen molar-refractivity contribution in [2.24, 2.45) is 0 Å². The van der Waals surface area contributed by atoms with Crippen molar-refractivity contribution in [3.63, 3.8) is 0 Å². The summed E-state index contributed by atoms with van der Waals surface area (Å²) in [5, 5.41) is 9.24. The van der Waals surface area contributed by atoms with Gasteiger partial charge >= 0.3 is 5.97 Å². The summed E-state index contributed by atoms with van der Waals surface area (Å²) in [5.74, 6) is -0.829. The van der Waals surface area contributed by atoms with Crippen LogP contribution >= 0.6 is 12.4 Å². The summed E-state index contributed by atoms with van der Waals surface area (Å²) >= 11 is 0. The van der Waals surface area contributed by atoms with E-state index in [2.05, 4.69) is 0 Å². The number of likely N-dealkylation sites (N-methyl/N-ethyl adjacent to an activating group) is 1. The largest absolute Gasteiger partial charge is 0.480 e. The normalized spacial score (nSPS) is 11.7. The Morgan fingerprint density at radius 1 is 1.14 bits per heavy atom. The van der Waals surface area contributed by atoms with Crippen molar-refractivity contribution in [1.29, 1.82) is 0 Å². The molecule has 124 valence electrons. The monoisotopic (exact) mass is 328 g/mol. The fraction of sp³-hybridized carbons (Fsp3) is 0.500. The molecule has 0 aliphatic rings. The Balaban J connectivity index is 0.00000441. The minimum absolute atomic E-state index is 0. The van der Waals surface area contributed by atoms with Crippen molar-refractivity contribution in [1.82, 2.24) is 9.80 Å². The van der Waals surface area contributed by atoms with E-state index in [9.17, 15) is 14.7 Å². The molecule has 5 nitrogen and oxygen atoms in total. The molecule has 1 unspecified atom stereocenters. The summed E-state index contributed by atoms with van der Waals surface area (Å²) in [6, 6.07) is 6.86. The molecule has 0 radical (unpaired) electrons. The zero-order valence-electron chi connectivity index (χ0n) is 13.6. The number of carboxylic acid groups (broad SMARTS) is 1. The van der Waals surface area contributed by atoms with Gasteiger partial charge in [-0.25, -0.2) is 0 Å². The second-order valence-corrected chi connectivity index (χ2v) is 5.22. The summed E-state index contributed by atoms with van der Waals surface area (Å²) in [6.07, 6.45) is 0.570. The number of rotatable bonds is 7. The highest BCUT2D eigenvalue weighted by molar-refractivity contribution is 5.93. The number of benzene rings is 1. The molecule has 0 bridgehead atoms. The molecule has 1 aromatic carbocycles. The third-order valence-electron chi connectivity index (χ3n) is 3.51. The van der Waals surface area contributed by atoms with E-state index in [0.717, 1.165) is 5.56 Å². The number of aliphatic carboxylic acids is 1. The molecule has 1 atom stereocenters. The van der Waals surface area contributed by atoms with Gasteiger partial charge in [0, 0.05) is 26.2 Å². The highest BCUT2D eigenvalue weighted by Gasteiger charge is 2.22. The summed E-state index contributed by atoms with van der Waals surface area (Å²) in [7, 11) is 3.43. The van der Waals surface area contributed by atoms with Gasteiger partial charge < -0.3 is 10.0 Å². The molecular weight excluding hydrogens is 304 g/mol. The maximum Gasteiger partial charge on any atom is 0.320 e. The van der Waals surface area contributed by atoms with Crippen LogP contribution in [-0.2, 0) is 11.3 Å². The number of carboxylic acids is 1. The van der Waals surface area contributed by atoms with Crippen LogP contribution in [0, 0.1) is 0 Å². The topological polar surface area (TPSA) is 60.9 Å². The van der Waals surface area contributed by atoms with Crippen LogP contribution in [0.25, 0.3) is 0 Å². The molecule has 0 saturated carbocycles. The van der Waals surface area contributed by atoms with E-state index in [1.165, 1.54) is 4.90 Å². The van der Waals surface area contributed by atoms with Gasteiger partial charge in [0.25, 0.3) is 5.91 Å². The SMILES string of the molecule is CCC(C(=O)O)N(CC)Cc1ccc(C(=O)N(C)C)cc1.Cl. The van der Waals surface area contributed by atoms with Crippen LogP contribution in [0.5, 0.6) is 0 Å². The van der Waals surface area contributed by atoms with Crippen LogP contribution in [0.3, 0.4) is 0 Å².